The molecule has 0 spiro atoms. The summed E-state index contributed by atoms with van der Waals surface area (Å²) < 4.78 is 48.5. The lowest BCUT2D eigenvalue weighted by atomic mass is 10.1. The van der Waals surface area contributed by atoms with Crippen molar-refractivity contribution in [3.8, 4) is 11.3 Å². The van der Waals surface area contributed by atoms with Crippen molar-refractivity contribution in [3.05, 3.63) is 83.7 Å². The van der Waals surface area contributed by atoms with E-state index in [1.807, 2.05) is 18.2 Å². The van der Waals surface area contributed by atoms with E-state index in [-0.39, 0.29) is 12.4 Å². The average molecular weight is 423 g/mol. The van der Waals surface area contributed by atoms with Crippen molar-refractivity contribution >= 4 is 16.6 Å². The SMILES string of the molecule is Fc1ccc(-c2c3cccc(N4CCOCC4)c3nn2Cc2ccc(F)cc2F)cc1. The highest BCUT2D eigenvalue weighted by Crippen LogP contribution is 2.35. The van der Waals surface area contributed by atoms with E-state index in [4.69, 9.17) is 9.84 Å². The van der Waals surface area contributed by atoms with E-state index in [0.717, 1.165) is 47.0 Å². The van der Waals surface area contributed by atoms with Gasteiger partial charge in [-0.1, -0.05) is 18.2 Å². The van der Waals surface area contributed by atoms with Crippen molar-refractivity contribution in [3.63, 3.8) is 0 Å². The van der Waals surface area contributed by atoms with Gasteiger partial charge >= 0.3 is 0 Å². The second kappa shape index (κ2) is 8.07. The fraction of sp³-hybridized carbons (Fsp3) is 0.208. The number of fused-ring (bicyclic) bond motifs is 1. The summed E-state index contributed by atoms with van der Waals surface area (Å²) in [7, 11) is 0. The molecule has 1 aliphatic heterocycles. The van der Waals surface area contributed by atoms with Gasteiger partial charge in [-0.3, -0.25) is 4.68 Å². The van der Waals surface area contributed by atoms with Crippen LogP contribution < -0.4 is 4.90 Å². The van der Waals surface area contributed by atoms with Crippen molar-refractivity contribution in [1.29, 1.82) is 0 Å². The molecule has 0 unspecified atom stereocenters. The second-order valence-electron chi connectivity index (χ2n) is 7.52. The summed E-state index contributed by atoms with van der Waals surface area (Å²) in [6.45, 7) is 2.91. The van der Waals surface area contributed by atoms with E-state index in [0.29, 0.717) is 18.8 Å². The summed E-state index contributed by atoms with van der Waals surface area (Å²) in [6.07, 6.45) is 0. The maximum Gasteiger partial charge on any atom is 0.131 e. The number of benzene rings is 3. The number of halogens is 3. The van der Waals surface area contributed by atoms with Crippen LogP contribution >= 0.6 is 0 Å². The molecule has 7 heteroatoms. The van der Waals surface area contributed by atoms with Crippen molar-refractivity contribution in [1.82, 2.24) is 9.78 Å². The van der Waals surface area contributed by atoms with E-state index in [9.17, 15) is 13.2 Å². The highest BCUT2D eigenvalue weighted by molar-refractivity contribution is 6.00. The Morgan fingerprint density at radius 1 is 0.871 bits per heavy atom. The van der Waals surface area contributed by atoms with Crippen LogP contribution in [0.5, 0.6) is 0 Å². The molecule has 0 saturated carbocycles. The van der Waals surface area contributed by atoms with Crippen LogP contribution in [-0.2, 0) is 11.3 Å². The van der Waals surface area contributed by atoms with Crippen molar-refractivity contribution in [2.45, 2.75) is 6.54 Å². The summed E-state index contributed by atoms with van der Waals surface area (Å²) in [5.74, 6) is -1.59. The molecule has 5 rings (SSSR count). The molecular formula is C24H20F3N3O. The molecule has 1 aliphatic rings. The van der Waals surface area contributed by atoms with Crippen LogP contribution in [0.3, 0.4) is 0 Å². The average Bonchev–Trinajstić information content (AvgIpc) is 3.15. The van der Waals surface area contributed by atoms with Gasteiger partial charge in [-0.25, -0.2) is 13.2 Å². The zero-order chi connectivity index (χ0) is 21.4. The first-order valence-corrected chi connectivity index (χ1v) is 10.1. The lowest BCUT2D eigenvalue weighted by Crippen LogP contribution is -2.36. The molecule has 158 valence electrons. The van der Waals surface area contributed by atoms with Gasteiger partial charge in [-0.2, -0.15) is 5.10 Å². The topological polar surface area (TPSA) is 30.3 Å². The summed E-state index contributed by atoms with van der Waals surface area (Å²) in [6, 6.07) is 15.6. The Kier molecular flexibility index (Phi) is 5.11. The van der Waals surface area contributed by atoms with E-state index in [1.54, 1.807) is 16.8 Å². The molecule has 4 aromatic rings. The van der Waals surface area contributed by atoms with Gasteiger partial charge in [0.15, 0.2) is 0 Å². The number of rotatable bonds is 4. The quantitative estimate of drug-likeness (QED) is 0.463. The van der Waals surface area contributed by atoms with Crippen LogP contribution in [0.25, 0.3) is 22.2 Å². The first kappa shape index (κ1) is 19.6. The normalized spacial score (nSPS) is 14.4. The standard InChI is InChI=1S/C24H20F3N3O/c25-18-7-4-16(5-8-18)24-20-2-1-3-22(29-10-12-31-13-11-29)23(20)28-30(24)15-17-6-9-19(26)14-21(17)27/h1-9,14H,10-13,15H2. The molecule has 0 atom stereocenters. The molecule has 0 radical (unpaired) electrons. The lowest BCUT2D eigenvalue weighted by molar-refractivity contribution is 0.123. The number of nitrogens with zero attached hydrogens (tertiary/aromatic N) is 3. The predicted octanol–water partition coefficient (Wildman–Crippen LogP) is 5.01. The first-order valence-electron chi connectivity index (χ1n) is 10.1. The van der Waals surface area contributed by atoms with Gasteiger partial charge in [0, 0.05) is 35.7 Å². The Morgan fingerprint density at radius 3 is 2.35 bits per heavy atom. The van der Waals surface area contributed by atoms with Crippen molar-refractivity contribution in [2.75, 3.05) is 31.2 Å². The number of anilines is 1. The third-order valence-corrected chi connectivity index (χ3v) is 5.55. The fourth-order valence-corrected chi connectivity index (χ4v) is 4.03. The number of hydrogen-bond donors (Lipinski definition) is 0. The highest BCUT2D eigenvalue weighted by Gasteiger charge is 2.21. The molecule has 0 bridgehead atoms. The van der Waals surface area contributed by atoms with Gasteiger partial charge in [0.2, 0.25) is 0 Å². The maximum absolute atomic E-state index is 14.4. The highest BCUT2D eigenvalue weighted by atomic mass is 19.1. The minimum absolute atomic E-state index is 0.121. The van der Waals surface area contributed by atoms with Crippen LogP contribution in [0.2, 0.25) is 0 Å². The van der Waals surface area contributed by atoms with Crippen molar-refractivity contribution < 1.29 is 17.9 Å². The molecule has 1 fully saturated rings. The van der Waals surface area contributed by atoms with Crippen LogP contribution in [0, 0.1) is 17.5 Å². The summed E-state index contributed by atoms with van der Waals surface area (Å²) in [5, 5.41) is 5.71. The molecule has 0 amide bonds. The fourth-order valence-electron chi connectivity index (χ4n) is 4.03. The number of morpholine rings is 1. The monoisotopic (exact) mass is 423 g/mol. The Morgan fingerprint density at radius 2 is 1.61 bits per heavy atom. The van der Waals surface area contributed by atoms with Crippen LogP contribution in [0.15, 0.2) is 60.7 Å². The van der Waals surface area contributed by atoms with E-state index in [1.165, 1.54) is 24.3 Å². The molecule has 0 N–H and O–H groups in total. The number of hydrogen-bond acceptors (Lipinski definition) is 3. The largest absolute Gasteiger partial charge is 0.378 e. The Labute approximate surface area is 177 Å². The van der Waals surface area contributed by atoms with E-state index < -0.39 is 11.6 Å². The molecule has 1 saturated heterocycles. The van der Waals surface area contributed by atoms with Crippen LogP contribution in [0.1, 0.15) is 5.56 Å². The van der Waals surface area contributed by atoms with Gasteiger partial charge in [-0.05, 0) is 36.4 Å². The van der Waals surface area contributed by atoms with Gasteiger partial charge in [-0.15, -0.1) is 0 Å². The predicted molar refractivity (Wildman–Crippen MR) is 114 cm³/mol. The summed E-state index contributed by atoms with van der Waals surface area (Å²) in [5.41, 5.74) is 3.61. The minimum atomic E-state index is -0.627. The zero-order valence-corrected chi connectivity index (χ0v) is 16.7. The van der Waals surface area contributed by atoms with Crippen LogP contribution in [0.4, 0.5) is 18.9 Å². The number of ether oxygens (including phenoxy) is 1. The second-order valence-corrected chi connectivity index (χ2v) is 7.52. The van der Waals surface area contributed by atoms with Crippen LogP contribution in [-0.4, -0.2) is 36.1 Å². The minimum Gasteiger partial charge on any atom is -0.378 e. The Balaban J connectivity index is 1.68. The Hall–Kier alpha value is -3.32. The Bertz CT molecular complexity index is 1230. The molecule has 1 aromatic heterocycles. The molecule has 0 aliphatic carbocycles. The maximum atomic E-state index is 14.4. The molecule has 2 heterocycles. The van der Waals surface area contributed by atoms with E-state index in [2.05, 4.69) is 4.90 Å². The van der Waals surface area contributed by atoms with Gasteiger partial charge in [0.1, 0.15) is 23.0 Å². The zero-order valence-electron chi connectivity index (χ0n) is 16.7. The molecule has 4 nitrogen and oxygen atoms in total. The third-order valence-electron chi connectivity index (χ3n) is 5.55. The molecule has 3 aromatic carbocycles. The molecular weight excluding hydrogens is 403 g/mol. The first-order chi connectivity index (χ1) is 15.1. The lowest BCUT2D eigenvalue weighted by Gasteiger charge is -2.28. The van der Waals surface area contributed by atoms with Crippen molar-refractivity contribution in [2.24, 2.45) is 0 Å². The number of aromatic nitrogens is 2. The summed E-state index contributed by atoms with van der Waals surface area (Å²) >= 11 is 0. The van der Waals surface area contributed by atoms with Gasteiger partial charge < -0.3 is 9.64 Å². The molecule has 31 heavy (non-hydrogen) atoms. The van der Waals surface area contributed by atoms with E-state index >= 15 is 0 Å². The van der Waals surface area contributed by atoms with Gasteiger partial charge in [0.25, 0.3) is 0 Å². The van der Waals surface area contributed by atoms with Gasteiger partial charge in [0.05, 0.1) is 31.1 Å². The third kappa shape index (κ3) is 3.77. The summed E-state index contributed by atoms with van der Waals surface area (Å²) in [4.78, 5) is 2.22. The smallest absolute Gasteiger partial charge is 0.131 e.